The number of hydrogen-bond donors (Lipinski definition) is 1. The van der Waals surface area contributed by atoms with Crippen molar-refractivity contribution in [3.63, 3.8) is 0 Å². The first-order valence-corrected chi connectivity index (χ1v) is 3.69. The van der Waals surface area contributed by atoms with Crippen LogP contribution in [0.15, 0.2) is 24.3 Å². The van der Waals surface area contributed by atoms with Crippen molar-refractivity contribution in [3.8, 4) is 17.7 Å². The van der Waals surface area contributed by atoms with Crippen LogP contribution in [0.3, 0.4) is 0 Å². The summed E-state index contributed by atoms with van der Waals surface area (Å²) in [6, 6.07) is 10.4. The van der Waals surface area contributed by atoms with E-state index in [9.17, 15) is 0 Å². The zero-order valence-electron chi connectivity index (χ0n) is 7.22. The normalized spacial score (nSPS) is 8.17. The summed E-state index contributed by atoms with van der Waals surface area (Å²) in [5.74, 6) is 3.56. The molecule has 0 atom stereocenters. The molecule has 0 aromatic heterocycles. The molecule has 2 heteroatoms. The Morgan fingerprint density at radius 3 is 2.75 bits per heavy atom. The monoisotopic (exact) mass is 161 g/mol. The summed E-state index contributed by atoms with van der Waals surface area (Å²) in [4.78, 5) is 0. The maximum Gasteiger partial charge on any atom is 0.142 e. The van der Waals surface area contributed by atoms with Gasteiger partial charge in [0.25, 0.3) is 0 Å². The highest BCUT2D eigenvalue weighted by atomic mass is 16.5. The summed E-state index contributed by atoms with van der Waals surface area (Å²) < 4.78 is 5.11. The van der Waals surface area contributed by atoms with Crippen molar-refractivity contribution in [2.24, 2.45) is 0 Å². The quantitative estimate of drug-likeness (QED) is 0.529. The molecule has 0 unspecified atom stereocenters. The molecule has 0 aliphatic carbocycles. The topological polar surface area (TPSA) is 21.3 Å². The average molecular weight is 161 g/mol. The third-order valence-electron chi connectivity index (χ3n) is 1.43. The molecule has 0 fully saturated rings. The van der Waals surface area contributed by atoms with Crippen LogP contribution in [0.25, 0.3) is 0 Å². The molecule has 0 saturated heterocycles. The van der Waals surface area contributed by atoms with Crippen LogP contribution in [-0.4, -0.2) is 7.11 Å². The van der Waals surface area contributed by atoms with Gasteiger partial charge in [-0.3, -0.25) is 0 Å². The molecule has 0 saturated carbocycles. The van der Waals surface area contributed by atoms with Crippen molar-refractivity contribution in [2.75, 3.05) is 12.4 Å². The zero-order chi connectivity index (χ0) is 8.81. The van der Waals surface area contributed by atoms with Crippen LogP contribution in [0.1, 0.15) is 6.92 Å². The molecular formula is C10H11NO. The number of benzene rings is 1. The Balaban J connectivity index is 2.86. The standard InChI is InChI=1S/C10H11NO/c1-3-8-11-9-6-4-5-7-10(9)12-2/h4-7,11H,1-2H3. The third-order valence-corrected chi connectivity index (χ3v) is 1.43. The van der Waals surface area contributed by atoms with E-state index in [1.165, 1.54) is 0 Å². The lowest BCUT2D eigenvalue weighted by Crippen LogP contribution is -1.92. The highest BCUT2D eigenvalue weighted by Crippen LogP contribution is 2.22. The second kappa shape index (κ2) is 4.30. The number of methoxy groups -OCH3 is 1. The summed E-state index contributed by atoms with van der Waals surface area (Å²) in [5, 5.41) is 2.93. The fourth-order valence-corrected chi connectivity index (χ4v) is 0.878. The molecule has 0 aliphatic heterocycles. The van der Waals surface area contributed by atoms with Gasteiger partial charge in [-0.2, -0.15) is 0 Å². The minimum atomic E-state index is 0.806. The molecule has 1 aromatic rings. The molecule has 1 N–H and O–H groups in total. The van der Waals surface area contributed by atoms with Crippen molar-refractivity contribution >= 4 is 5.69 Å². The van der Waals surface area contributed by atoms with E-state index in [0.29, 0.717) is 0 Å². The van der Waals surface area contributed by atoms with Crippen LogP contribution < -0.4 is 10.1 Å². The SMILES string of the molecule is CC#CNc1ccccc1OC. The Morgan fingerprint density at radius 1 is 1.33 bits per heavy atom. The van der Waals surface area contributed by atoms with Crippen molar-refractivity contribution in [3.05, 3.63) is 24.3 Å². The van der Waals surface area contributed by atoms with Crippen LogP contribution in [0.4, 0.5) is 5.69 Å². The van der Waals surface area contributed by atoms with Gasteiger partial charge in [0.1, 0.15) is 5.75 Å². The molecule has 0 heterocycles. The molecule has 0 amide bonds. The van der Waals surface area contributed by atoms with Gasteiger partial charge in [0, 0.05) is 6.04 Å². The van der Waals surface area contributed by atoms with E-state index in [2.05, 4.69) is 17.3 Å². The van der Waals surface area contributed by atoms with Crippen LogP contribution in [-0.2, 0) is 0 Å². The first-order chi connectivity index (χ1) is 5.88. The van der Waals surface area contributed by atoms with E-state index < -0.39 is 0 Å². The first kappa shape index (κ1) is 8.48. The maximum absolute atomic E-state index is 5.11. The number of nitrogens with one attached hydrogen (secondary N) is 1. The summed E-state index contributed by atoms with van der Waals surface area (Å²) in [5.41, 5.74) is 0.898. The lowest BCUT2D eigenvalue weighted by atomic mass is 10.3. The number of ether oxygens (including phenoxy) is 1. The zero-order valence-corrected chi connectivity index (χ0v) is 7.22. The van der Waals surface area contributed by atoms with Crippen LogP contribution in [0.5, 0.6) is 5.75 Å². The maximum atomic E-state index is 5.11. The third kappa shape index (κ3) is 1.93. The largest absolute Gasteiger partial charge is 0.495 e. The minimum Gasteiger partial charge on any atom is -0.495 e. The highest BCUT2D eigenvalue weighted by molar-refractivity contribution is 5.58. The number of rotatable bonds is 2. The lowest BCUT2D eigenvalue weighted by Gasteiger charge is -2.04. The van der Waals surface area contributed by atoms with Crippen molar-refractivity contribution in [2.45, 2.75) is 6.92 Å². The smallest absolute Gasteiger partial charge is 0.142 e. The van der Waals surface area contributed by atoms with E-state index in [4.69, 9.17) is 4.74 Å². The predicted octanol–water partition coefficient (Wildman–Crippen LogP) is 2.09. The molecule has 62 valence electrons. The molecule has 1 aromatic carbocycles. The van der Waals surface area contributed by atoms with E-state index in [1.807, 2.05) is 24.3 Å². The van der Waals surface area contributed by atoms with Crippen molar-refractivity contribution < 1.29 is 4.74 Å². The summed E-state index contributed by atoms with van der Waals surface area (Å²) >= 11 is 0. The van der Waals surface area contributed by atoms with E-state index in [1.54, 1.807) is 14.0 Å². The Bertz CT molecular complexity index is 309. The van der Waals surface area contributed by atoms with E-state index in [-0.39, 0.29) is 0 Å². The fourth-order valence-electron chi connectivity index (χ4n) is 0.878. The highest BCUT2D eigenvalue weighted by Gasteiger charge is 1.96. The predicted molar refractivity (Wildman–Crippen MR) is 50.1 cm³/mol. The number of hydrogen-bond acceptors (Lipinski definition) is 2. The van der Waals surface area contributed by atoms with E-state index >= 15 is 0 Å². The summed E-state index contributed by atoms with van der Waals surface area (Å²) in [7, 11) is 1.64. The second-order valence-corrected chi connectivity index (χ2v) is 2.20. The van der Waals surface area contributed by atoms with E-state index in [0.717, 1.165) is 11.4 Å². The van der Waals surface area contributed by atoms with Gasteiger partial charge in [-0.25, -0.2) is 0 Å². The molecule has 1 rings (SSSR count). The van der Waals surface area contributed by atoms with Gasteiger partial charge in [-0.05, 0) is 19.1 Å². The summed E-state index contributed by atoms with van der Waals surface area (Å²) in [6.45, 7) is 1.78. The van der Waals surface area contributed by atoms with Gasteiger partial charge >= 0.3 is 0 Å². The van der Waals surface area contributed by atoms with Crippen LogP contribution in [0.2, 0.25) is 0 Å². The molecule has 0 aliphatic rings. The van der Waals surface area contributed by atoms with Gasteiger partial charge < -0.3 is 10.1 Å². The Hall–Kier alpha value is -1.62. The molecular weight excluding hydrogens is 150 g/mol. The van der Waals surface area contributed by atoms with Crippen molar-refractivity contribution in [1.82, 2.24) is 0 Å². The fraction of sp³-hybridized carbons (Fsp3) is 0.200. The average Bonchev–Trinajstić information content (AvgIpc) is 2.15. The van der Waals surface area contributed by atoms with Crippen LogP contribution in [0, 0.1) is 12.0 Å². The Kier molecular flexibility index (Phi) is 3.04. The van der Waals surface area contributed by atoms with Gasteiger partial charge in [-0.1, -0.05) is 18.1 Å². The number of anilines is 1. The van der Waals surface area contributed by atoms with Gasteiger partial charge in [-0.15, -0.1) is 0 Å². The minimum absolute atomic E-state index is 0.806. The molecule has 0 spiro atoms. The Morgan fingerprint density at radius 2 is 2.08 bits per heavy atom. The molecule has 12 heavy (non-hydrogen) atoms. The van der Waals surface area contributed by atoms with Crippen LogP contribution >= 0.6 is 0 Å². The summed E-state index contributed by atoms with van der Waals surface area (Å²) in [6.07, 6.45) is 0. The molecule has 0 radical (unpaired) electrons. The van der Waals surface area contributed by atoms with Crippen molar-refractivity contribution in [1.29, 1.82) is 0 Å². The van der Waals surface area contributed by atoms with Gasteiger partial charge in [0.2, 0.25) is 0 Å². The Labute approximate surface area is 72.6 Å². The number of para-hydroxylation sites is 2. The van der Waals surface area contributed by atoms with Gasteiger partial charge in [0.05, 0.1) is 12.8 Å². The first-order valence-electron chi connectivity index (χ1n) is 3.69. The lowest BCUT2D eigenvalue weighted by molar-refractivity contribution is 0.417. The molecule has 0 bridgehead atoms. The molecule has 2 nitrogen and oxygen atoms in total. The van der Waals surface area contributed by atoms with Gasteiger partial charge in [0.15, 0.2) is 0 Å². The second-order valence-electron chi connectivity index (χ2n) is 2.20.